The molecule has 4 N–H and O–H groups in total. The van der Waals surface area contributed by atoms with Gasteiger partial charge in [0.2, 0.25) is 0 Å². The summed E-state index contributed by atoms with van der Waals surface area (Å²) in [6.45, 7) is 4.18. The molecular formula is C12H19N3O2. The van der Waals surface area contributed by atoms with E-state index in [0.29, 0.717) is 11.5 Å². The minimum atomic E-state index is -1.04. The predicted octanol–water partition coefficient (Wildman–Crippen LogP) is 2.35. The summed E-state index contributed by atoms with van der Waals surface area (Å²) in [6, 6.07) is 3.25. The molecule has 17 heavy (non-hydrogen) atoms. The Morgan fingerprint density at radius 3 is 2.76 bits per heavy atom. The molecule has 0 aliphatic heterocycles. The highest BCUT2D eigenvalue weighted by molar-refractivity contribution is 5.86. The van der Waals surface area contributed by atoms with Gasteiger partial charge in [0.15, 0.2) is 5.69 Å². The quantitative estimate of drug-likeness (QED) is 0.706. The summed E-state index contributed by atoms with van der Waals surface area (Å²) in [6.07, 6.45) is 3.02. The Labute approximate surface area is 101 Å². The molecule has 0 amide bonds. The molecular weight excluding hydrogens is 218 g/mol. The summed E-state index contributed by atoms with van der Waals surface area (Å²) in [5.41, 5.74) is 6.25. The third-order valence-corrected chi connectivity index (χ3v) is 2.62. The number of nitrogens with one attached hydrogen (secondary N) is 1. The van der Waals surface area contributed by atoms with Gasteiger partial charge in [0.05, 0.1) is 5.69 Å². The number of nitrogen functional groups attached to an aromatic ring is 1. The van der Waals surface area contributed by atoms with E-state index < -0.39 is 5.97 Å². The van der Waals surface area contributed by atoms with Crippen molar-refractivity contribution in [1.82, 2.24) is 4.98 Å². The molecule has 1 aromatic heterocycles. The molecule has 1 atom stereocenters. The van der Waals surface area contributed by atoms with Crippen LogP contribution in [0, 0.1) is 0 Å². The molecule has 0 aromatic carbocycles. The Bertz CT molecular complexity index is 393. The number of aromatic nitrogens is 1. The third kappa shape index (κ3) is 3.62. The number of pyridine rings is 1. The molecule has 0 saturated heterocycles. The largest absolute Gasteiger partial charge is 0.477 e. The first-order valence-corrected chi connectivity index (χ1v) is 5.84. The summed E-state index contributed by atoms with van der Waals surface area (Å²) in [4.78, 5) is 14.8. The zero-order chi connectivity index (χ0) is 12.8. The summed E-state index contributed by atoms with van der Waals surface area (Å²) >= 11 is 0. The van der Waals surface area contributed by atoms with Crippen LogP contribution in [-0.4, -0.2) is 22.1 Å². The molecule has 1 aromatic rings. The van der Waals surface area contributed by atoms with Crippen molar-refractivity contribution in [3.8, 4) is 0 Å². The number of nitrogens with zero attached hydrogens (tertiary/aromatic N) is 1. The van der Waals surface area contributed by atoms with E-state index in [-0.39, 0.29) is 11.7 Å². The van der Waals surface area contributed by atoms with Crippen LogP contribution < -0.4 is 11.1 Å². The fourth-order valence-electron chi connectivity index (χ4n) is 1.62. The van der Waals surface area contributed by atoms with E-state index in [9.17, 15) is 4.79 Å². The predicted molar refractivity (Wildman–Crippen MR) is 68.2 cm³/mol. The van der Waals surface area contributed by atoms with Gasteiger partial charge in [-0.25, -0.2) is 9.78 Å². The Morgan fingerprint density at radius 2 is 2.24 bits per heavy atom. The topological polar surface area (TPSA) is 88.2 Å². The fourth-order valence-corrected chi connectivity index (χ4v) is 1.62. The van der Waals surface area contributed by atoms with Gasteiger partial charge in [-0.15, -0.1) is 0 Å². The third-order valence-electron chi connectivity index (χ3n) is 2.62. The normalized spacial score (nSPS) is 12.1. The highest BCUT2D eigenvalue weighted by Gasteiger charge is 2.11. The number of nitrogens with two attached hydrogens (primary N) is 1. The zero-order valence-electron chi connectivity index (χ0n) is 10.2. The second-order valence-corrected chi connectivity index (χ2v) is 3.98. The second kappa shape index (κ2) is 6.08. The van der Waals surface area contributed by atoms with E-state index in [1.54, 1.807) is 6.07 Å². The van der Waals surface area contributed by atoms with E-state index in [0.717, 1.165) is 19.3 Å². The van der Waals surface area contributed by atoms with E-state index in [1.807, 2.05) is 0 Å². The Kier molecular flexibility index (Phi) is 4.75. The standard InChI is InChI=1S/C12H19N3O2/c1-3-5-8(4-2)14-11-9(13)6-7-10(15-11)12(16)17/h6-8H,3-5,13H2,1-2H3,(H,14,15)(H,16,17). The fraction of sp³-hybridized carbons (Fsp3) is 0.500. The number of aromatic carboxylic acids is 1. The van der Waals surface area contributed by atoms with Gasteiger partial charge in [0.1, 0.15) is 5.82 Å². The Morgan fingerprint density at radius 1 is 1.53 bits per heavy atom. The van der Waals surface area contributed by atoms with Crippen molar-refractivity contribution in [3.63, 3.8) is 0 Å². The summed E-state index contributed by atoms with van der Waals surface area (Å²) in [5.74, 6) is -0.582. The number of hydrogen-bond acceptors (Lipinski definition) is 4. The average molecular weight is 237 g/mol. The molecule has 0 spiro atoms. The van der Waals surface area contributed by atoms with Crippen molar-refractivity contribution < 1.29 is 9.90 Å². The van der Waals surface area contributed by atoms with Crippen LogP contribution >= 0.6 is 0 Å². The minimum absolute atomic E-state index is 0.00746. The Hall–Kier alpha value is -1.78. The maximum Gasteiger partial charge on any atom is 0.354 e. The molecule has 0 aliphatic carbocycles. The van der Waals surface area contributed by atoms with E-state index in [4.69, 9.17) is 10.8 Å². The van der Waals surface area contributed by atoms with Gasteiger partial charge in [0, 0.05) is 6.04 Å². The molecule has 94 valence electrons. The summed E-state index contributed by atoms with van der Waals surface area (Å²) in [7, 11) is 0. The first-order chi connectivity index (χ1) is 8.08. The van der Waals surface area contributed by atoms with Crippen LogP contribution in [0.1, 0.15) is 43.6 Å². The Balaban J connectivity index is 2.88. The van der Waals surface area contributed by atoms with Crippen molar-refractivity contribution in [2.75, 3.05) is 11.1 Å². The molecule has 1 heterocycles. The van der Waals surface area contributed by atoms with E-state index in [2.05, 4.69) is 24.1 Å². The maximum atomic E-state index is 10.8. The zero-order valence-corrected chi connectivity index (χ0v) is 10.2. The average Bonchev–Trinajstić information content (AvgIpc) is 2.30. The van der Waals surface area contributed by atoms with Gasteiger partial charge in [-0.3, -0.25) is 0 Å². The van der Waals surface area contributed by atoms with Crippen LogP contribution in [0.2, 0.25) is 0 Å². The van der Waals surface area contributed by atoms with Crippen LogP contribution in [-0.2, 0) is 0 Å². The van der Waals surface area contributed by atoms with Crippen molar-refractivity contribution >= 4 is 17.5 Å². The molecule has 5 heteroatoms. The number of carbonyl (C=O) groups is 1. The van der Waals surface area contributed by atoms with Crippen LogP contribution in [0.5, 0.6) is 0 Å². The number of carboxylic acids is 1. The summed E-state index contributed by atoms with van der Waals surface area (Å²) in [5, 5.41) is 12.1. The number of rotatable bonds is 6. The lowest BCUT2D eigenvalue weighted by Gasteiger charge is -2.18. The van der Waals surface area contributed by atoms with Gasteiger partial charge in [-0.2, -0.15) is 0 Å². The van der Waals surface area contributed by atoms with Crippen LogP contribution in [0.4, 0.5) is 11.5 Å². The molecule has 0 radical (unpaired) electrons. The first kappa shape index (κ1) is 13.3. The van der Waals surface area contributed by atoms with Gasteiger partial charge < -0.3 is 16.2 Å². The number of anilines is 2. The lowest BCUT2D eigenvalue weighted by Crippen LogP contribution is -2.20. The number of hydrogen-bond donors (Lipinski definition) is 3. The smallest absolute Gasteiger partial charge is 0.354 e. The van der Waals surface area contributed by atoms with E-state index in [1.165, 1.54) is 6.07 Å². The first-order valence-electron chi connectivity index (χ1n) is 5.84. The highest BCUT2D eigenvalue weighted by atomic mass is 16.4. The minimum Gasteiger partial charge on any atom is -0.477 e. The number of carboxylic acid groups (broad SMARTS) is 1. The molecule has 0 aliphatic rings. The van der Waals surface area contributed by atoms with Crippen molar-refractivity contribution in [1.29, 1.82) is 0 Å². The van der Waals surface area contributed by atoms with Gasteiger partial charge in [-0.05, 0) is 25.0 Å². The highest BCUT2D eigenvalue weighted by Crippen LogP contribution is 2.19. The molecule has 0 bridgehead atoms. The van der Waals surface area contributed by atoms with Gasteiger partial charge >= 0.3 is 5.97 Å². The molecule has 0 saturated carbocycles. The van der Waals surface area contributed by atoms with Gasteiger partial charge in [-0.1, -0.05) is 20.3 Å². The monoisotopic (exact) mass is 237 g/mol. The van der Waals surface area contributed by atoms with Crippen LogP contribution in [0.25, 0.3) is 0 Å². The van der Waals surface area contributed by atoms with Crippen LogP contribution in [0.3, 0.4) is 0 Å². The van der Waals surface area contributed by atoms with Crippen molar-refractivity contribution in [2.24, 2.45) is 0 Å². The molecule has 5 nitrogen and oxygen atoms in total. The lowest BCUT2D eigenvalue weighted by atomic mass is 10.1. The molecule has 0 fully saturated rings. The van der Waals surface area contributed by atoms with Crippen molar-refractivity contribution in [2.45, 2.75) is 39.2 Å². The lowest BCUT2D eigenvalue weighted by molar-refractivity contribution is 0.0690. The SMILES string of the molecule is CCCC(CC)Nc1nc(C(=O)O)ccc1N. The van der Waals surface area contributed by atoms with Crippen molar-refractivity contribution in [3.05, 3.63) is 17.8 Å². The van der Waals surface area contributed by atoms with E-state index >= 15 is 0 Å². The molecule has 1 rings (SSSR count). The summed E-state index contributed by atoms with van der Waals surface area (Å²) < 4.78 is 0. The van der Waals surface area contributed by atoms with Gasteiger partial charge in [0.25, 0.3) is 0 Å². The van der Waals surface area contributed by atoms with Crippen LogP contribution in [0.15, 0.2) is 12.1 Å². The molecule has 1 unspecified atom stereocenters. The second-order valence-electron chi connectivity index (χ2n) is 3.98. The maximum absolute atomic E-state index is 10.8.